The van der Waals surface area contributed by atoms with Crippen LogP contribution in [0.15, 0.2) is 24.3 Å². The van der Waals surface area contributed by atoms with Gasteiger partial charge in [0.25, 0.3) is 0 Å². The van der Waals surface area contributed by atoms with Crippen LogP contribution in [-0.4, -0.2) is 16.2 Å². The van der Waals surface area contributed by atoms with Crippen LogP contribution in [0.2, 0.25) is 0 Å². The summed E-state index contributed by atoms with van der Waals surface area (Å²) in [6, 6.07) is 4.96. The molecule has 1 aromatic heterocycles. The zero-order valence-electron chi connectivity index (χ0n) is 9.37. The van der Waals surface area contributed by atoms with Crippen LogP contribution in [0.4, 0.5) is 8.78 Å². The second kappa shape index (κ2) is 4.63. The third kappa shape index (κ3) is 2.68. The molecule has 2 aromatic rings. The Balaban J connectivity index is 2.33. The Kier molecular flexibility index (Phi) is 3.19. The van der Waals surface area contributed by atoms with Crippen molar-refractivity contribution >= 4 is 0 Å². The van der Waals surface area contributed by atoms with E-state index >= 15 is 0 Å². The van der Waals surface area contributed by atoms with Gasteiger partial charge in [0.1, 0.15) is 11.6 Å². The molecule has 17 heavy (non-hydrogen) atoms. The molecule has 0 saturated carbocycles. The van der Waals surface area contributed by atoms with Crippen molar-refractivity contribution in [3.05, 3.63) is 41.6 Å². The van der Waals surface area contributed by atoms with Crippen LogP contribution >= 0.6 is 0 Å². The summed E-state index contributed by atoms with van der Waals surface area (Å²) in [6.07, 6.45) is 0.615. The van der Waals surface area contributed by atoms with E-state index in [0.29, 0.717) is 12.1 Å². The van der Waals surface area contributed by atoms with Crippen LogP contribution < -0.4 is 5.73 Å². The first-order chi connectivity index (χ1) is 8.06. The van der Waals surface area contributed by atoms with Crippen LogP contribution in [0.1, 0.15) is 12.6 Å². The third-order valence-corrected chi connectivity index (χ3v) is 2.38. The highest BCUT2D eigenvalue weighted by Crippen LogP contribution is 2.22. The van der Waals surface area contributed by atoms with Crippen LogP contribution in [-0.2, 0) is 6.42 Å². The van der Waals surface area contributed by atoms with Crippen molar-refractivity contribution in [1.82, 2.24) is 10.2 Å². The minimum Gasteiger partial charge on any atom is -0.328 e. The second-order valence-corrected chi connectivity index (χ2v) is 4.08. The van der Waals surface area contributed by atoms with Gasteiger partial charge in [-0.15, -0.1) is 0 Å². The lowest BCUT2D eigenvalue weighted by Crippen LogP contribution is -2.17. The first kappa shape index (κ1) is 11.7. The van der Waals surface area contributed by atoms with Crippen molar-refractivity contribution < 1.29 is 8.78 Å². The number of nitrogens with one attached hydrogen (secondary N) is 1. The summed E-state index contributed by atoms with van der Waals surface area (Å²) in [7, 11) is 0. The summed E-state index contributed by atoms with van der Waals surface area (Å²) in [6.45, 7) is 1.86. The molecule has 1 atom stereocenters. The Hall–Kier alpha value is -1.75. The van der Waals surface area contributed by atoms with Gasteiger partial charge in [0.2, 0.25) is 0 Å². The quantitative estimate of drug-likeness (QED) is 0.860. The molecule has 0 fully saturated rings. The summed E-state index contributed by atoms with van der Waals surface area (Å²) < 4.78 is 26.5. The molecule has 90 valence electrons. The van der Waals surface area contributed by atoms with Gasteiger partial charge in [-0.25, -0.2) is 8.78 Å². The molecular formula is C12H13F2N3. The standard InChI is InChI=1S/C12H13F2N3/c1-7(15)4-9-6-12(17-16-9)10-5-8(13)2-3-11(10)14/h2-3,5-7H,4,15H2,1H3,(H,16,17). The number of hydrogen-bond acceptors (Lipinski definition) is 2. The van der Waals surface area contributed by atoms with Crippen molar-refractivity contribution in [2.75, 3.05) is 0 Å². The molecule has 0 radical (unpaired) electrons. The van der Waals surface area contributed by atoms with Gasteiger partial charge in [-0.1, -0.05) is 0 Å². The lowest BCUT2D eigenvalue weighted by atomic mass is 10.1. The van der Waals surface area contributed by atoms with Gasteiger partial charge in [0.15, 0.2) is 0 Å². The maximum Gasteiger partial charge on any atom is 0.132 e. The smallest absolute Gasteiger partial charge is 0.132 e. The van der Waals surface area contributed by atoms with E-state index < -0.39 is 11.6 Å². The minimum atomic E-state index is -0.495. The van der Waals surface area contributed by atoms with E-state index in [1.54, 1.807) is 6.07 Å². The molecule has 0 bridgehead atoms. The van der Waals surface area contributed by atoms with Crippen molar-refractivity contribution in [2.24, 2.45) is 5.73 Å². The van der Waals surface area contributed by atoms with E-state index in [2.05, 4.69) is 10.2 Å². The van der Waals surface area contributed by atoms with Gasteiger partial charge in [-0.05, 0) is 31.2 Å². The van der Waals surface area contributed by atoms with Crippen molar-refractivity contribution in [1.29, 1.82) is 0 Å². The zero-order chi connectivity index (χ0) is 12.4. The molecular weight excluding hydrogens is 224 g/mol. The van der Waals surface area contributed by atoms with Crippen LogP contribution in [0.25, 0.3) is 11.3 Å². The molecule has 1 heterocycles. The summed E-state index contributed by atoms with van der Waals surface area (Å²) in [5.41, 5.74) is 6.99. The molecule has 0 aliphatic carbocycles. The van der Waals surface area contributed by atoms with E-state index in [9.17, 15) is 8.78 Å². The third-order valence-electron chi connectivity index (χ3n) is 2.38. The maximum absolute atomic E-state index is 13.5. The molecule has 3 N–H and O–H groups in total. The highest BCUT2D eigenvalue weighted by atomic mass is 19.1. The maximum atomic E-state index is 13.5. The molecule has 0 aliphatic heterocycles. The molecule has 0 aliphatic rings. The number of benzene rings is 1. The van der Waals surface area contributed by atoms with E-state index in [1.807, 2.05) is 6.92 Å². The summed E-state index contributed by atoms with van der Waals surface area (Å²) in [5.74, 6) is -0.983. The number of H-pyrrole nitrogens is 1. The lowest BCUT2D eigenvalue weighted by Gasteiger charge is -2.00. The van der Waals surface area contributed by atoms with Crippen molar-refractivity contribution in [3.8, 4) is 11.3 Å². The molecule has 5 heteroatoms. The number of rotatable bonds is 3. The lowest BCUT2D eigenvalue weighted by molar-refractivity contribution is 0.602. The highest BCUT2D eigenvalue weighted by molar-refractivity contribution is 5.60. The van der Waals surface area contributed by atoms with Gasteiger partial charge < -0.3 is 5.73 Å². The fraction of sp³-hybridized carbons (Fsp3) is 0.250. The first-order valence-electron chi connectivity index (χ1n) is 5.31. The number of halogens is 2. The normalized spacial score (nSPS) is 12.7. The molecule has 3 nitrogen and oxygen atoms in total. The predicted molar refractivity (Wildman–Crippen MR) is 61.3 cm³/mol. The SMILES string of the molecule is CC(N)Cc1cc(-c2cc(F)ccc2F)n[nH]1. The monoisotopic (exact) mass is 237 g/mol. The largest absolute Gasteiger partial charge is 0.328 e. The van der Waals surface area contributed by atoms with Gasteiger partial charge >= 0.3 is 0 Å². The molecule has 1 aromatic carbocycles. The average molecular weight is 237 g/mol. The summed E-state index contributed by atoms with van der Waals surface area (Å²) in [5, 5.41) is 6.72. The Morgan fingerprint density at radius 2 is 2.12 bits per heavy atom. The first-order valence-corrected chi connectivity index (χ1v) is 5.31. The average Bonchev–Trinajstić information content (AvgIpc) is 2.69. The zero-order valence-corrected chi connectivity index (χ0v) is 9.37. The van der Waals surface area contributed by atoms with E-state index in [-0.39, 0.29) is 11.6 Å². The number of hydrogen-bond donors (Lipinski definition) is 2. The number of nitrogens with zero attached hydrogens (tertiary/aromatic N) is 1. The van der Waals surface area contributed by atoms with E-state index in [0.717, 1.165) is 23.9 Å². The Labute approximate surface area is 97.7 Å². The van der Waals surface area contributed by atoms with Crippen molar-refractivity contribution in [2.45, 2.75) is 19.4 Å². The van der Waals surface area contributed by atoms with Crippen molar-refractivity contribution in [3.63, 3.8) is 0 Å². The van der Waals surface area contributed by atoms with Gasteiger partial charge in [0.05, 0.1) is 5.69 Å². The fourth-order valence-electron chi connectivity index (χ4n) is 1.64. The van der Waals surface area contributed by atoms with Gasteiger partial charge in [-0.3, -0.25) is 5.10 Å². The molecule has 0 spiro atoms. The van der Waals surface area contributed by atoms with Crippen LogP contribution in [0.5, 0.6) is 0 Å². The second-order valence-electron chi connectivity index (χ2n) is 4.08. The Morgan fingerprint density at radius 3 is 2.82 bits per heavy atom. The van der Waals surface area contributed by atoms with E-state index in [1.165, 1.54) is 0 Å². The molecule has 1 unspecified atom stereocenters. The topological polar surface area (TPSA) is 54.7 Å². The fourth-order valence-corrected chi connectivity index (χ4v) is 1.64. The number of aromatic nitrogens is 2. The van der Waals surface area contributed by atoms with Crippen LogP contribution in [0, 0.1) is 11.6 Å². The van der Waals surface area contributed by atoms with Gasteiger partial charge in [0, 0.05) is 23.7 Å². The molecule has 2 rings (SSSR count). The number of aromatic amines is 1. The van der Waals surface area contributed by atoms with E-state index in [4.69, 9.17) is 5.73 Å². The summed E-state index contributed by atoms with van der Waals surface area (Å²) in [4.78, 5) is 0. The highest BCUT2D eigenvalue weighted by Gasteiger charge is 2.10. The number of nitrogens with two attached hydrogens (primary N) is 1. The van der Waals surface area contributed by atoms with Gasteiger partial charge in [-0.2, -0.15) is 5.10 Å². The molecule has 0 amide bonds. The summed E-state index contributed by atoms with van der Waals surface area (Å²) >= 11 is 0. The van der Waals surface area contributed by atoms with Crippen LogP contribution in [0.3, 0.4) is 0 Å². The Morgan fingerprint density at radius 1 is 1.35 bits per heavy atom. The molecule has 0 saturated heterocycles. The Bertz CT molecular complexity index is 520. The predicted octanol–water partition coefficient (Wildman–Crippen LogP) is 2.24. The minimum absolute atomic E-state index is 0.0133.